The fourth-order valence-electron chi connectivity index (χ4n) is 3.16. The van der Waals surface area contributed by atoms with Crippen molar-refractivity contribution in [3.63, 3.8) is 0 Å². The zero-order valence-corrected chi connectivity index (χ0v) is 20.6. The molecule has 1 rings (SSSR count). The highest BCUT2D eigenvalue weighted by atomic mass is 16.5. The Bertz CT molecular complexity index is 905. The molecule has 15 nitrogen and oxygen atoms in total. The monoisotopic (exact) mass is 513 g/mol. The predicted octanol–water partition coefficient (Wildman–Crippen LogP) is -0.617. The zero-order valence-electron chi connectivity index (χ0n) is 20.6. The largest absolute Gasteiger partial charge is 0.480 e. The van der Waals surface area contributed by atoms with Crippen LogP contribution in [0.2, 0.25) is 0 Å². The third-order valence-corrected chi connectivity index (χ3v) is 4.92. The van der Waals surface area contributed by atoms with E-state index in [0.717, 1.165) is 0 Å². The molecule has 0 aliphatic rings. The summed E-state index contributed by atoms with van der Waals surface area (Å²) in [5.41, 5.74) is 5.26. The number of hydrogen-bond donors (Lipinski definition) is 7. The van der Waals surface area contributed by atoms with Gasteiger partial charge in [-0.2, -0.15) is 4.98 Å². The third-order valence-electron chi connectivity index (χ3n) is 4.92. The van der Waals surface area contributed by atoms with Crippen molar-refractivity contribution in [1.82, 2.24) is 31.4 Å². The molecule has 0 saturated heterocycles. The van der Waals surface area contributed by atoms with Crippen molar-refractivity contribution in [1.29, 1.82) is 0 Å². The van der Waals surface area contributed by atoms with Crippen LogP contribution in [-0.2, 0) is 19.2 Å². The van der Waals surface area contributed by atoms with Crippen LogP contribution in [0.15, 0.2) is 4.52 Å². The lowest BCUT2D eigenvalue weighted by atomic mass is 10.1. The zero-order chi connectivity index (χ0) is 27.3. The highest BCUT2D eigenvalue weighted by Gasteiger charge is 2.29. The molecule has 4 atom stereocenters. The van der Waals surface area contributed by atoms with Gasteiger partial charge in [0.1, 0.15) is 6.04 Å². The molecule has 202 valence electrons. The van der Waals surface area contributed by atoms with Crippen LogP contribution in [0.1, 0.15) is 83.1 Å². The van der Waals surface area contributed by atoms with Gasteiger partial charge in [0.05, 0.1) is 18.6 Å². The summed E-state index contributed by atoms with van der Waals surface area (Å²) in [6.45, 7) is 4.92. The first-order valence-corrected chi connectivity index (χ1v) is 11.6. The molecule has 1 aromatic rings. The first-order chi connectivity index (χ1) is 16.9. The van der Waals surface area contributed by atoms with Crippen molar-refractivity contribution in [2.75, 3.05) is 6.54 Å². The van der Waals surface area contributed by atoms with Gasteiger partial charge in [0, 0.05) is 19.9 Å². The number of urea groups is 1. The van der Waals surface area contributed by atoms with Crippen molar-refractivity contribution >= 4 is 29.7 Å². The Morgan fingerprint density at radius 1 is 1.08 bits per heavy atom. The van der Waals surface area contributed by atoms with Gasteiger partial charge in [-0.25, -0.2) is 9.59 Å². The number of carbonyl (C=O) groups excluding carboxylic acids is 4. The van der Waals surface area contributed by atoms with Gasteiger partial charge in [0.25, 0.3) is 0 Å². The number of carboxylic acid groups (broad SMARTS) is 1. The fraction of sp³-hybridized carbons (Fsp3) is 0.667. The lowest BCUT2D eigenvalue weighted by Gasteiger charge is -2.19. The quantitative estimate of drug-likeness (QED) is 0.138. The number of primary amides is 1. The maximum Gasteiger partial charge on any atom is 0.328 e. The molecule has 8 N–H and O–H groups in total. The number of amides is 5. The van der Waals surface area contributed by atoms with Gasteiger partial charge in [-0.05, 0) is 32.6 Å². The highest BCUT2D eigenvalue weighted by molar-refractivity contribution is 5.83. The van der Waals surface area contributed by atoms with E-state index >= 15 is 0 Å². The lowest BCUT2D eigenvalue weighted by molar-refractivity contribution is -0.141. The molecule has 0 fully saturated rings. The maximum atomic E-state index is 12.3. The van der Waals surface area contributed by atoms with Crippen LogP contribution in [0.4, 0.5) is 4.79 Å². The molecule has 1 heterocycles. The van der Waals surface area contributed by atoms with Crippen molar-refractivity contribution in [3.8, 4) is 0 Å². The number of nitrogens with two attached hydrogens (primary N) is 1. The number of nitrogens with zero attached hydrogens (tertiary/aromatic N) is 2. The number of nitrogens with one attached hydrogen (secondary N) is 4. The molecule has 5 amide bonds. The molecule has 0 saturated carbocycles. The smallest absolute Gasteiger partial charge is 0.328 e. The maximum absolute atomic E-state index is 12.3. The summed E-state index contributed by atoms with van der Waals surface area (Å²) in [6.07, 6.45) is 0.765. The number of unbranched alkanes of at least 4 members (excludes halogenated alkanes) is 1. The minimum atomic E-state index is -1.60. The highest BCUT2D eigenvalue weighted by Crippen LogP contribution is 2.21. The van der Waals surface area contributed by atoms with Crippen LogP contribution in [-0.4, -0.2) is 68.8 Å². The Balaban J connectivity index is 3.00. The van der Waals surface area contributed by atoms with Crippen molar-refractivity contribution < 1.29 is 38.7 Å². The second-order valence-electron chi connectivity index (χ2n) is 8.24. The van der Waals surface area contributed by atoms with E-state index in [-0.39, 0.29) is 30.0 Å². The number of aromatic nitrogens is 2. The number of aliphatic hydroxyl groups is 1. The normalized spacial score (nSPS) is 14.1. The van der Waals surface area contributed by atoms with Gasteiger partial charge in [0.2, 0.25) is 23.6 Å². The fourth-order valence-corrected chi connectivity index (χ4v) is 3.16. The Hall–Kier alpha value is -3.75. The molecule has 0 bridgehead atoms. The molecule has 0 radical (unpaired) electrons. The molecule has 0 aliphatic heterocycles. The van der Waals surface area contributed by atoms with E-state index in [9.17, 15) is 29.1 Å². The molecule has 0 spiro atoms. The molecule has 36 heavy (non-hydrogen) atoms. The van der Waals surface area contributed by atoms with Crippen LogP contribution in [0.5, 0.6) is 0 Å². The predicted molar refractivity (Wildman–Crippen MR) is 124 cm³/mol. The number of aliphatic carboxylic acids is 1. The van der Waals surface area contributed by atoms with Crippen molar-refractivity contribution in [3.05, 3.63) is 11.7 Å². The molecule has 2 unspecified atom stereocenters. The molecule has 0 aliphatic carbocycles. The average Bonchev–Trinajstić information content (AvgIpc) is 3.25. The Morgan fingerprint density at radius 2 is 1.78 bits per heavy atom. The molecular formula is C21H35N7O8. The van der Waals surface area contributed by atoms with Crippen LogP contribution in [0, 0.1) is 0 Å². The number of hydrogen-bond acceptors (Lipinski definition) is 9. The van der Waals surface area contributed by atoms with Crippen LogP contribution in [0.25, 0.3) is 0 Å². The van der Waals surface area contributed by atoms with Gasteiger partial charge in [0.15, 0.2) is 11.9 Å². The van der Waals surface area contributed by atoms with Crippen LogP contribution in [0.3, 0.4) is 0 Å². The van der Waals surface area contributed by atoms with Gasteiger partial charge in [-0.1, -0.05) is 12.1 Å². The summed E-state index contributed by atoms with van der Waals surface area (Å²) in [5.74, 6) is -2.72. The second kappa shape index (κ2) is 15.3. The first kappa shape index (κ1) is 30.3. The van der Waals surface area contributed by atoms with E-state index in [0.29, 0.717) is 32.2 Å². The third kappa shape index (κ3) is 11.1. The molecule has 15 heteroatoms. The average molecular weight is 514 g/mol. The van der Waals surface area contributed by atoms with E-state index < -0.39 is 48.6 Å². The standard InChI is InChI=1S/C21H35N7O8/c1-4-7-16(32)24-13(8-5-6-9-23-12(3)30)18-27-19(36-28-18)14(10-15(22)31)25-21(35)26-17(11(2)29)20(33)34/h11,13-14,17,29H,4-10H2,1-3H3,(H2,22,31)(H,23,30)(H,24,32)(H,33,34)(H2,25,26,35)/t11?,13-,14-,17?/m0/s1. The van der Waals surface area contributed by atoms with Gasteiger partial charge < -0.3 is 41.7 Å². The lowest BCUT2D eigenvalue weighted by Crippen LogP contribution is -2.52. The SMILES string of the molecule is CCCC(=O)N[C@@H](CCCCNC(C)=O)c1noc([C@H](CC(N)=O)NC(=O)NC(C(=O)O)C(C)O)n1. The van der Waals surface area contributed by atoms with E-state index in [1.165, 1.54) is 13.8 Å². The minimum absolute atomic E-state index is 0.109. The Kier molecular flexibility index (Phi) is 12.9. The topological polar surface area (TPSA) is 239 Å². The number of carboxylic acids is 1. The molecular weight excluding hydrogens is 478 g/mol. The number of rotatable bonds is 16. The summed E-state index contributed by atoms with van der Waals surface area (Å²) in [7, 11) is 0. The minimum Gasteiger partial charge on any atom is -0.480 e. The molecule has 1 aromatic heterocycles. The summed E-state index contributed by atoms with van der Waals surface area (Å²) in [5, 5.41) is 32.5. The van der Waals surface area contributed by atoms with E-state index in [1.54, 1.807) is 0 Å². The number of aliphatic hydroxyl groups excluding tert-OH is 1. The van der Waals surface area contributed by atoms with E-state index in [1.807, 2.05) is 6.92 Å². The van der Waals surface area contributed by atoms with E-state index in [4.69, 9.17) is 15.4 Å². The van der Waals surface area contributed by atoms with Crippen LogP contribution < -0.4 is 27.0 Å². The van der Waals surface area contributed by atoms with Gasteiger partial charge in [-0.3, -0.25) is 14.4 Å². The summed E-state index contributed by atoms with van der Waals surface area (Å²) in [6, 6.07) is -4.44. The Morgan fingerprint density at radius 3 is 2.33 bits per heavy atom. The number of carbonyl (C=O) groups is 5. The second-order valence-corrected chi connectivity index (χ2v) is 8.24. The van der Waals surface area contributed by atoms with E-state index in [2.05, 4.69) is 31.4 Å². The Labute approximate surface area is 207 Å². The van der Waals surface area contributed by atoms with Crippen molar-refractivity contribution in [2.45, 2.75) is 83.5 Å². The van der Waals surface area contributed by atoms with Crippen LogP contribution >= 0.6 is 0 Å². The van der Waals surface area contributed by atoms with Gasteiger partial charge in [-0.15, -0.1) is 0 Å². The van der Waals surface area contributed by atoms with Gasteiger partial charge >= 0.3 is 12.0 Å². The summed E-state index contributed by atoms with van der Waals surface area (Å²) in [4.78, 5) is 62.5. The van der Waals surface area contributed by atoms with Crippen molar-refractivity contribution in [2.24, 2.45) is 5.73 Å². The summed E-state index contributed by atoms with van der Waals surface area (Å²) < 4.78 is 5.22. The summed E-state index contributed by atoms with van der Waals surface area (Å²) >= 11 is 0. The first-order valence-electron chi connectivity index (χ1n) is 11.6. The molecule has 0 aromatic carbocycles.